The van der Waals surface area contributed by atoms with Crippen LogP contribution in [0.4, 0.5) is 10.1 Å². The molecule has 0 radical (unpaired) electrons. The molecule has 3 heterocycles. The number of carbonyl (C=O) groups excluding carboxylic acids is 1. The number of ether oxygens (including phenoxy) is 1. The number of methoxy groups -OCH3 is 1. The van der Waals surface area contributed by atoms with Gasteiger partial charge in [0.1, 0.15) is 17.1 Å². The first-order chi connectivity index (χ1) is 19.6. The third-order valence-corrected chi connectivity index (χ3v) is 8.99. The molecular formula is C31H35FN6O2S. The van der Waals surface area contributed by atoms with Crippen LogP contribution in [0.2, 0.25) is 0 Å². The summed E-state index contributed by atoms with van der Waals surface area (Å²) in [5.41, 5.74) is 3.81. The Morgan fingerprint density at radius 1 is 1.02 bits per heavy atom. The maximum Gasteiger partial charge on any atom is 0.250 e. The van der Waals surface area contributed by atoms with Crippen molar-refractivity contribution >= 4 is 35.9 Å². The molecule has 0 saturated carbocycles. The number of rotatable bonds is 7. The summed E-state index contributed by atoms with van der Waals surface area (Å²) in [7, 11) is 1.63. The zero-order chi connectivity index (χ0) is 27.3. The zero-order valence-electron chi connectivity index (χ0n) is 23.2. The van der Waals surface area contributed by atoms with Gasteiger partial charge in [0.25, 0.3) is 0 Å². The van der Waals surface area contributed by atoms with Crippen LogP contribution in [0.5, 0.6) is 0 Å². The first kappa shape index (κ1) is 27.7. The summed E-state index contributed by atoms with van der Waals surface area (Å²) in [5.74, 6) is -0.131. The van der Waals surface area contributed by atoms with E-state index in [4.69, 9.17) is 4.74 Å². The van der Waals surface area contributed by atoms with Crippen molar-refractivity contribution in [1.29, 1.82) is 0 Å². The number of anilines is 1. The average Bonchev–Trinajstić information content (AvgIpc) is 3.66. The predicted molar refractivity (Wildman–Crippen MR) is 161 cm³/mol. The number of likely N-dealkylation sites (tertiary alicyclic amines) is 1. The monoisotopic (exact) mass is 574 g/mol. The second-order valence-electron chi connectivity index (χ2n) is 11.2. The molecule has 1 spiro atoms. The van der Waals surface area contributed by atoms with E-state index in [0.29, 0.717) is 32.4 Å². The van der Waals surface area contributed by atoms with Crippen LogP contribution < -0.4 is 4.90 Å². The van der Waals surface area contributed by atoms with Crippen molar-refractivity contribution in [3.05, 3.63) is 89.5 Å². The lowest BCUT2D eigenvalue weighted by molar-refractivity contribution is -0.134. The Hall–Kier alpha value is -3.47. The molecule has 3 aliphatic rings. The molecule has 0 N–H and O–H groups in total. The van der Waals surface area contributed by atoms with Crippen molar-refractivity contribution in [1.82, 2.24) is 24.8 Å². The highest BCUT2D eigenvalue weighted by Crippen LogP contribution is 2.45. The maximum absolute atomic E-state index is 14.1. The van der Waals surface area contributed by atoms with Crippen molar-refractivity contribution in [2.24, 2.45) is 0 Å². The van der Waals surface area contributed by atoms with Gasteiger partial charge in [-0.15, -0.1) is 5.10 Å². The molecule has 7 rings (SSSR count). The standard InChI is InChI=1S/C31H33FN6O2.H2S/c1-40-20-25-19-37(34-33-25)17-16-36-21-38(26-10-8-24(32)9-11-26)31(30(36)39)12-14-35(15-13-31)28-18-23-6-2-4-22-5-3-7-27(28)29(22)23;/h2-11,19,28H,12-18,20-21H2,1H3;1H2/t28-;/m0./s1. The third-order valence-electron chi connectivity index (χ3n) is 8.99. The summed E-state index contributed by atoms with van der Waals surface area (Å²) in [6, 6.07) is 20.1. The van der Waals surface area contributed by atoms with Gasteiger partial charge in [0.2, 0.25) is 5.91 Å². The first-order valence-corrected chi connectivity index (χ1v) is 14.0. The van der Waals surface area contributed by atoms with Crippen LogP contribution in [-0.2, 0) is 29.1 Å². The van der Waals surface area contributed by atoms with Crippen LogP contribution in [0.1, 0.15) is 35.7 Å². The lowest BCUT2D eigenvalue weighted by Gasteiger charge is -2.45. The summed E-state index contributed by atoms with van der Waals surface area (Å²) in [6.07, 6.45) is 4.32. The summed E-state index contributed by atoms with van der Waals surface area (Å²) in [6.45, 7) is 3.61. The Kier molecular flexibility index (Phi) is 7.48. The number of hydrogen-bond acceptors (Lipinski definition) is 6. The molecular weight excluding hydrogens is 539 g/mol. The smallest absolute Gasteiger partial charge is 0.250 e. The lowest BCUT2D eigenvalue weighted by Crippen LogP contribution is -2.57. The van der Waals surface area contributed by atoms with E-state index in [1.54, 1.807) is 23.9 Å². The van der Waals surface area contributed by atoms with E-state index in [1.165, 1.54) is 34.0 Å². The fourth-order valence-corrected chi connectivity index (χ4v) is 7.02. The minimum atomic E-state index is -0.643. The largest absolute Gasteiger partial charge is 0.378 e. The lowest BCUT2D eigenvalue weighted by atomic mass is 9.84. The molecule has 0 unspecified atom stereocenters. The fraction of sp³-hybridized carbons (Fsp3) is 0.387. The summed E-state index contributed by atoms with van der Waals surface area (Å²) >= 11 is 0. The zero-order valence-corrected chi connectivity index (χ0v) is 24.2. The Labute approximate surface area is 246 Å². The molecule has 8 nitrogen and oxygen atoms in total. The van der Waals surface area contributed by atoms with E-state index in [2.05, 4.69) is 56.5 Å². The quantitative estimate of drug-likeness (QED) is 0.329. The van der Waals surface area contributed by atoms with E-state index in [1.807, 2.05) is 11.1 Å². The van der Waals surface area contributed by atoms with Crippen LogP contribution in [0.15, 0.2) is 66.9 Å². The number of benzene rings is 3. The Bertz CT molecular complexity index is 1550. The molecule has 3 aromatic carbocycles. The highest BCUT2D eigenvalue weighted by molar-refractivity contribution is 7.59. The van der Waals surface area contributed by atoms with E-state index >= 15 is 0 Å². The first-order valence-electron chi connectivity index (χ1n) is 14.0. The van der Waals surface area contributed by atoms with Gasteiger partial charge in [0.05, 0.1) is 26.0 Å². The fourth-order valence-electron chi connectivity index (χ4n) is 7.02. The Balaban J connectivity index is 0.00000302. The number of aromatic nitrogens is 3. The predicted octanol–water partition coefficient (Wildman–Crippen LogP) is 4.27. The number of halogens is 1. The van der Waals surface area contributed by atoms with Crippen LogP contribution in [0.3, 0.4) is 0 Å². The van der Waals surface area contributed by atoms with Gasteiger partial charge in [-0.2, -0.15) is 13.5 Å². The molecule has 41 heavy (non-hydrogen) atoms. The minimum Gasteiger partial charge on any atom is -0.378 e. The van der Waals surface area contributed by atoms with Crippen molar-refractivity contribution in [2.45, 2.75) is 44.0 Å². The van der Waals surface area contributed by atoms with Crippen molar-refractivity contribution < 1.29 is 13.9 Å². The van der Waals surface area contributed by atoms with Crippen LogP contribution in [-0.4, -0.2) is 69.7 Å². The molecule has 4 aromatic rings. The van der Waals surface area contributed by atoms with Gasteiger partial charge in [-0.05, 0) is 65.4 Å². The van der Waals surface area contributed by atoms with E-state index < -0.39 is 5.54 Å². The highest BCUT2D eigenvalue weighted by Gasteiger charge is 2.54. The van der Waals surface area contributed by atoms with E-state index in [-0.39, 0.29) is 25.2 Å². The topological polar surface area (TPSA) is 66.7 Å². The molecule has 1 atom stereocenters. The second kappa shape index (κ2) is 11.1. The van der Waals surface area contributed by atoms with E-state index in [9.17, 15) is 9.18 Å². The number of carbonyl (C=O) groups is 1. The average molecular weight is 575 g/mol. The van der Waals surface area contributed by atoms with Gasteiger partial charge in [-0.3, -0.25) is 14.4 Å². The molecule has 10 heteroatoms. The molecule has 214 valence electrons. The van der Waals surface area contributed by atoms with Gasteiger partial charge >= 0.3 is 0 Å². The highest BCUT2D eigenvalue weighted by atomic mass is 32.1. The molecule has 2 fully saturated rings. The third kappa shape index (κ3) is 4.77. The van der Waals surface area contributed by atoms with Crippen molar-refractivity contribution in [3.8, 4) is 0 Å². The molecule has 1 aliphatic carbocycles. The minimum absolute atomic E-state index is 0. The SMILES string of the molecule is COCc1cn(CCN2CN(c3ccc(F)cc3)C3(CCN([C@H]4Cc5cccc6cccc4c56)CC3)C2=O)nn1.S. The van der Waals surface area contributed by atoms with Crippen LogP contribution >= 0.6 is 13.5 Å². The van der Waals surface area contributed by atoms with Gasteiger partial charge in [-0.1, -0.05) is 41.6 Å². The normalized spacial score (nSPS) is 19.9. The van der Waals surface area contributed by atoms with Gasteiger partial charge in [0.15, 0.2) is 0 Å². The van der Waals surface area contributed by atoms with Crippen LogP contribution in [0, 0.1) is 5.82 Å². The maximum atomic E-state index is 14.1. The number of nitrogens with zero attached hydrogens (tertiary/aromatic N) is 6. The summed E-state index contributed by atoms with van der Waals surface area (Å²) < 4.78 is 20.7. The summed E-state index contributed by atoms with van der Waals surface area (Å²) in [5, 5.41) is 11.0. The van der Waals surface area contributed by atoms with Gasteiger partial charge < -0.3 is 14.5 Å². The number of amides is 1. The van der Waals surface area contributed by atoms with E-state index in [0.717, 1.165) is 43.7 Å². The molecule has 2 aliphatic heterocycles. The molecule has 2 saturated heterocycles. The van der Waals surface area contributed by atoms with Crippen molar-refractivity contribution in [3.63, 3.8) is 0 Å². The van der Waals surface area contributed by atoms with Crippen molar-refractivity contribution in [2.75, 3.05) is 38.3 Å². The van der Waals surface area contributed by atoms with Crippen LogP contribution in [0.25, 0.3) is 10.8 Å². The number of piperidine rings is 1. The van der Waals surface area contributed by atoms with Gasteiger partial charge in [0, 0.05) is 38.5 Å². The Morgan fingerprint density at radius 3 is 2.54 bits per heavy atom. The summed E-state index contributed by atoms with van der Waals surface area (Å²) in [4.78, 5) is 20.8. The Morgan fingerprint density at radius 2 is 1.78 bits per heavy atom. The second-order valence-corrected chi connectivity index (χ2v) is 11.2. The van der Waals surface area contributed by atoms with Gasteiger partial charge in [-0.25, -0.2) is 4.39 Å². The molecule has 1 aromatic heterocycles. The molecule has 0 bridgehead atoms. The molecule has 1 amide bonds. The number of hydrogen-bond donors (Lipinski definition) is 0.